The second-order valence-electron chi connectivity index (χ2n) is 3.00. The third kappa shape index (κ3) is 1.60. The fraction of sp³-hybridized carbons (Fsp3) is 0.857. The molecule has 0 aromatic rings. The maximum atomic E-state index is 11.0. The lowest BCUT2D eigenvalue weighted by molar-refractivity contribution is -0.296. The molecule has 0 aliphatic carbocycles. The molecule has 1 aliphatic heterocycles. The van der Waals surface area contributed by atoms with Gasteiger partial charge in [0.05, 0.1) is 6.61 Å². The van der Waals surface area contributed by atoms with Gasteiger partial charge in [-0.15, -0.1) is 0 Å². The lowest BCUT2D eigenvalue weighted by Gasteiger charge is -2.39. The number of rotatable bonds is 2. The molecule has 0 unspecified atom stereocenters. The molecule has 7 heteroatoms. The van der Waals surface area contributed by atoms with E-state index in [0.717, 1.165) is 7.11 Å². The third-order valence-corrected chi connectivity index (χ3v) is 2.08. The highest BCUT2D eigenvalue weighted by molar-refractivity contribution is 5.79. The molecule has 0 radical (unpaired) electrons. The van der Waals surface area contributed by atoms with Gasteiger partial charge in [0.2, 0.25) is 0 Å². The van der Waals surface area contributed by atoms with Crippen LogP contribution < -0.4 is 0 Å². The number of aliphatic hydroxyl groups excluding tert-OH is 2. The number of ether oxygens (including phenoxy) is 2. The molecule has 82 valence electrons. The summed E-state index contributed by atoms with van der Waals surface area (Å²) in [5.74, 6) is -4.24. The van der Waals surface area contributed by atoms with Crippen molar-refractivity contribution in [2.45, 2.75) is 24.1 Å². The molecule has 1 rings (SSSR count). The molecule has 14 heavy (non-hydrogen) atoms. The van der Waals surface area contributed by atoms with E-state index in [1.165, 1.54) is 0 Å². The Labute approximate surface area is 79.5 Å². The van der Waals surface area contributed by atoms with E-state index in [1.807, 2.05) is 0 Å². The van der Waals surface area contributed by atoms with Crippen LogP contribution in [0.5, 0.6) is 0 Å². The van der Waals surface area contributed by atoms with Gasteiger partial charge in [0, 0.05) is 7.11 Å². The zero-order chi connectivity index (χ0) is 10.9. The summed E-state index contributed by atoms with van der Waals surface area (Å²) >= 11 is 0. The summed E-state index contributed by atoms with van der Waals surface area (Å²) < 4.78 is 8.94. The van der Waals surface area contributed by atoms with Gasteiger partial charge in [-0.2, -0.15) is 0 Å². The van der Waals surface area contributed by atoms with Crippen molar-refractivity contribution in [1.82, 2.24) is 0 Å². The SMILES string of the molecule is CO[C@H]1[C@H](O)[C@@H](CO)OC(=O)C1(O)O. The highest BCUT2D eigenvalue weighted by Crippen LogP contribution is 2.25. The van der Waals surface area contributed by atoms with E-state index < -0.39 is 36.7 Å². The first kappa shape index (κ1) is 11.3. The van der Waals surface area contributed by atoms with Gasteiger partial charge >= 0.3 is 5.97 Å². The van der Waals surface area contributed by atoms with E-state index in [4.69, 9.17) is 5.11 Å². The normalized spacial score (nSPS) is 36.6. The summed E-state index contributed by atoms with van der Waals surface area (Å²) in [4.78, 5) is 11.0. The van der Waals surface area contributed by atoms with E-state index in [-0.39, 0.29) is 0 Å². The van der Waals surface area contributed by atoms with Crippen LogP contribution in [0.1, 0.15) is 0 Å². The number of methoxy groups -OCH3 is 1. The molecule has 4 N–H and O–H groups in total. The summed E-state index contributed by atoms with van der Waals surface area (Å²) in [5, 5.41) is 36.5. The van der Waals surface area contributed by atoms with Crippen molar-refractivity contribution in [3.63, 3.8) is 0 Å². The van der Waals surface area contributed by atoms with Crippen molar-refractivity contribution in [1.29, 1.82) is 0 Å². The number of carbonyl (C=O) groups is 1. The van der Waals surface area contributed by atoms with E-state index >= 15 is 0 Å². The maximum Gasteiger partial charge on any atom is 0.369 e. The smallest absolute Gasteiger partial charge is 0.369 e. The van der Waals surface area contributed by atoms with Crippen LogP contribution in [0, 0.1) is 0 Å². The van der Waals surface area contributed by atoms with Crippen LogP contribution in [-0.2, 0) is 14.3 Å². The average Bonchev–Trinajstić information content (AvgIpc) is 2.12. The van der Waals surface area contributed by atoms with Crippen molar-refractivity contribution in [2.75, 3.05) is 13.7 Å². The second kappa shape index (κ2) is 3.79. The Hall–Kier alpha value is -0.730. The number of cyclic esters (lactones) is 1. The van der Waals surface area contributed by atoms with Crippen molar-refractivity contribution < 1.29 is 34.7 Å². The molecule has 0 amide bonds. The predicted molar refractivity (Wildman–Crippen MR) is 40.9 cm³/mol. The molecule has 0 aromatic carbocycles. The molecule has 1 fully saturated rings. The van der Waals surface area contributed by atoms with Crippen LogP contribution in [-0.4, -0.2) is 64.2 Å². The Kier molecular flexibility index (Phi) is 3.07. The first-order chi connectivity index (χ1) is 6.45. The molecule has 1 heterocycles. The molecular formula is C7H12O7. The minimum absolute atomic E-state index is 0.622. The van der Waals surface area contributed by atoms with Gasteiger partial charge < -0.3 is 29.9 Å². The van der Waals surface area contributed by atoms with Gasteiger partial charge in [-0.3, -0.25) is 0 Å². The summed E-state index contributed by atoms with van der Waals surface area (Å²) in [6.45, 7) is -0.622. The molecule has 0 spiro atoms. The summed E-state index contributed by atoms with van der Waals surface area (Å²) in [6.07, 6.45) is -4.24. The van der Waals surface area contributed by atoms with E-state index in [9.17, 15) is 20.1 Å². The Morgan fingerprint density at radius 2 is 2.14 bits per heavy atom. The van der Waals surface area contributed by atoms with Gasteiger partial charge in [-0.05, 0) is 0 Å². The fourth-order valence-electron chi connectivity index (χ4n) is 1.29. The average molecular weight is 208 g/mol. The number of hydrogen-bond donors (Lipinski definition) is 4. The Morgan fingerprint density at radius 1 is 1.57 bits per heavy atom. The van der Waals surface area contributed by atoms with Crippen molar-refractivity contribution in [2.24, 2.45) is 0 Å². The zero-order valence-corrected chi connectivity index (χ0v) is 7.45. The summed E-state index contributed by atoms with van der Waals surface area (Å²) in [6, 6.07) is 0. The molecule has 7 nitrogen and oxygen atoms in total. The van der Waals surface area contributed by atoms with Crippen LogP contribution in [0.4, 0.5) is 0 Å². The maximum absolute atomic E-state index is 11.0. The number of esters is 1. The number of aliphatic hydroxyl groups is 4. The van der Waals surface area contributed by atoms with E-state index in [0.29, 0.717) is 0 Å². The van der Waals surface area contributed by atoms with E-state index in [1.54, 1.807) is 0 Å². The van der Waals surface area contributed by atoms with E-state index in [2.05, 4.69) is 9.47 Å². The first-order valence-corrected chi connectivity index (χ1v) is 3.92. The van der Waals surface area contributed by atoms with Crippen molar-refractivity contribution in [3.8, 4) is 0 Å². The van der Waals surface area contributed by atoms with Crippen molar-refractivity contribution >= 4 is 5.97 Å². The van der Waals surface area contributed by atoms with Gasteiger partial charge in [-0.25, -0.2) is 4.79 Å². The van der Waals surface area contributed by atoms with Gasteiger partial charge in [-0.1, -0.05) is 0 Å². The third-order valence-electron chi connectivity index (χ3n) is 2.08. The molecule has 0 aromatic heterocycles. The van der Waals surface area contributed by atoms with Gasteiger partial charge in [0.25, 0.3) is 5.79 Å². The fourth-order valence-corrected chi connectivity index (χ4v) is 1.29. The Bertz CT molecular complexity index is 226. The van der Waals surface area contributed by atoms with Crippen LogP contribution in [0.15, 0.2) is 0 Å². The molecule has 1 aliphatic rings. The summed E-state index contributed by atoms with van der Waals surface area (Å²) in [7, 11) is 1.10. The van der Waals surface area contributed by atoms with Crippen LogP contribution in [0.25, 0.3) is 0 Å². The first-order valence-electron chi connectivity index (χ1n) is 3.92. The van der Waals surface area contributed by atoms with Gasteiger partial charge in [0.15, 0.2) is 12.2 Å². The lowest BCUT2D eigenvalue weighted by Crippen LogP contribution is -2.65. The monoisotopic (exact) mass is 208 g/mol. The van der Waals surface area contributed by atoms with Crippen LogP contribution >= 0.6 is 0 Å². The minimum atomic E-state index is -2.89. The lowest BCUT2D eigenvalue weighted by atomic mass is 9.97. The predicted octanol–water partition coefficient (Wildman–Crippen LogP) is -3.04. The van der Waals surface area contributed by atoms with Crippen LogP contribution in [0.3, 0.4) is 0 Å². The Morgan fingerprint density at radius 3 is 2.57 bits per heavy atom. The topological polar surface area (TPSA) is 116 Å². The number of carbonyl (C=O) groups excluding carboxylic acids is 1. The molecule has 0 saturated carbocycles. The minimum Gasteiger partial charge on any atom is -0.453 e. The van der Waals surface area contributed by atoms with Gasteiger partial charge in [0.1, 0.15) is 6.10 Å². The van der Waals surface area contributed by atoms with Crippen molar-refractivity contribution in [3.05, 3.63) is 0 Å². The molecule has 1 saturated heterocycles. The molecule has 0 bridgehead atoms. The summed E-state index contributed by atoms with van der Waals surface area (Å²) in [5.41, 5.74) is 0. The quantitative estimate of drug-likeness (QED) is 0.281. The molecule has 3 atom stereocenters. The highest BCUT2D eigenvalue weighted by atomic mass is 16.6. The number of hydrogen-bond acceptors (Lipinski definition) is 7. The second-order valence-corrected chi connectivity index (χ2v) is 3.00. The largest absolute Gasteiger partial charge is 0.453 e. The zero-order valence-electron chi connectivity index (χ0n) is 7.45. The van der Waals surface area contributed by atoms with Crippen LogP contribution in [0.2, 0.25) is 0 Å². The highest BCUT2D eigenvalue weighted by Gasteiger charge is 2.55. The Balaban J connectivity index is 2.91. The standard InChI is InChI=1S/C7H12O7/c1-13-5-4(9)3(2-8)14-6(10)7(5,11)12/h3-5,8-9,11-12H,2H2,1H3/t3-,4-,5+/m1/s1. The molecular weight excluding hydrogens is 196 g/mol.